The molecule has 0 unspecified atom stereocenters. The van der Waals surface area contributed by atoms with Crippen LogP contribution in [0.4, 0.5) is 0 Å². The molecule has 6 heteroatoms. The van der Waals surface area contributed by atoms with E-state index in [2.05, 4.69) is 49.3 Å². The van der Waals surface area contributed by atoms with E-state index in [1.807, 2.05) is 0 Å². The minimum atomic E-state index is -0.126. The van der Waals surface area contributed by atoms with Gasteiger partial charge in [0, 0.05) is 44.6 Å². The molecule has 0 aromatic heterocycles. The van der Waals surface area contributed by atoms with Gasteiger partial charge in [0.25, 0.3) is 0 Å². The van der Waals surface area contributed by atoms with E-state index in [4.69, 9.17) is 0 Å². The Morgan fingerprint density at radius 2 is 0.565 bits per heavy atom. The predicted octanol–water partition coefficient (Wildman–Crippen LogP) is 18.9. The van der Waals surface area contributed by atoms with Gasteiger partial charge in [-0.15, -0.1) is 0 Å². The first-order valence-corrected chi connectivity index (χ1v) is 31.8. The van der Waals surface area contributed by atoms with E-state index in [0.717, 1.165) is 103 Å². The summed E-state index contributed by atoms with van der Waals surface area (Å²) < 4.78 is 0. The van der Waals surface area contributed by atoms with E-state index in [0.29, 0.717) is 11.8 Å². The van der Waals surface area contributed by atoms with Crippen molar-refractivity contribution < 1.29 is 14.7 Å². The number of rotatable bonds is 53. The fourth-order valence-electron chi connectivity index (χ4n) is 11.2. The zero-order valence-electron chi connectivity index (χ0n) is 47.9. The van der Waals surface area contributed by atoms with Crippen LogP contribution in [0.25, 0.3) is 0 Å². The van der Waals surface area contributed by atoms with Gasteiger partial charge in [-0.1, -0.05) is 246 Å². The van der Waals surface area contributed by atoms with Crippen LogP contribution < -0.4 is 0 Å². The van der Waals surface area contributed by atoms with Crippen molar-refractivity contribution in [3.63, 3.8) is 0 Å². The third-order valence-electron chi connectivity index (χ3n) is 16.3. The Morgan fingerprint density at radius 1 is 0.348 bits per heavy atom. The molecule has 410 valence electrons. The molecule has 2 amide bonds. The average Bonchev–Trinajstić information content (AvgIpc) is 3.35. The zero-order chi connectivity index (χ0) is 50.1. The molecule has 0 heterocycles. The summed E-state index contributed by atoms with van der Waals surface area (Å²) in [6.07, 6.45) is 59.4. The Labute approximate surface area is 433 Å². The minimum Gasteiger partial charge on any atom is -0.393 e. The van der Waals surface area contributed by atoms with Crippen molar-refractivity contribution in [3.05, 3.63) is 0 Å². The number of nitrogens with zero attached hydrogens (tertiary/aromatic N) is 3. The van der Waals surface area contributed by atoms with E-state index in [9.17, 15) is 14.7 Å². The Balaban J connectivity index is 2.50. The molecule has 1 fully saturated rings. The summed E-state index contributed by atoms with van der Waals surface area (Å²) in [4.78, 5) is 34.3. The van der Waals surface area contributed by atoms with Crippen molar-refractivity contribution >= 4 is 11.8 Å². The molecule has 0 radical (unpaired) electrons. The van der Waals surface area contributed by atoms with E-state index in [-0.39, 0.29) is 11.6 Å². The van der Waals surface area contributed by atoms with Gasteiger partial charge in [0.15, 0.2) is 0 Å². The number of hydrogen-bond donors (Lipinski definition) is 1. The highest BCUT2D eigenvalue weighted by molar-refractivity contribution is 5.76. The van der Waals surface area contributed by atoms with Crippen molar-refractivity contribution in [2.75, 3.05) is 39.3 Å². The predicted molar refractivity (Wildman–Crippen MR) is 303 cm³/mol. The van der Waals surface area contributed by atoms with Crippen LogP contribution in [0.3, 0.4) is 0 Å². The summed E-state index contributed by atoms with van der Waals surface area (Å²) >= 11 is 0. The molecule has 0 atom stereocenters. The summed E-state index contributed by atoms with van der Waals surface area (Å²) in [7, 11) is 0. The molecule has 0 bridgehead atoms. The van der Waals surface area contributed by atoms with Crippen LogP contribution in [0.1, 0.15) is 343 Å². The summed E-state index contributed by atoms with van der Waals surface area (Å²) in [5, 5.41) is 10.4. The molecule has 1 saturated carbocycles. The molecule has 69 heavy (non-hydrogen) atoms. The summed E-state index contributed by atoms with van der Waals surface area (Å²) in [6, 6.07) is 0. The third-order valence-corrected chi connectivity index (χ3v) is 16.3. The number of aliphatic hydroxyl groups is 1. The number of aliphatic hydroxyl groups excluding tert-OH is 1. The largest absolute Gasteiger partial charge is 0.393 e. The van der Waals surface area contributed by atoms with E-state index in [1.54, 1.807) is 0 Å². The molecular formula is C63H125N3O3. The van der Waals surface area contributed by atoms with Crippen LogP contribution in [0.2, 0.25) is 0 Å². The molecule has 1 aliphatic rings. The standard InChI is InChI=1S/C63H125N3O3/c1-6-10-14-18-22-26-34-42-54-64(55-43-35-27-23-19-15-11-7-2)61(68)48-40-32-30-38-46-58-66(63(5)52-50-60(67)51-53-63)59-47-39-31-33-41-49-62(69)65(56-44-36-28-24-20-16-12-8-3)57-45-37-29-25-21-17-13-9-4/h60,67H,6-59H2,1-5H3. The first kappa shape index (κ1) is 65.9. The van der Waals surface area contributed by atoms with Gasteiger partial charge in [-0.2, -0.15) is 0 Å². The van der Waals surface area contributed by atoms with Crippen LogP contribution in [0, 0.1) is 0 Å². The van der Waals surface area contributed by atoms with Crippen molar-refractivity contribution in [2.24, 2.45) is 0 Å². The molecule has 0 aromatic rings. The van der Waals surface area contributed by atoms with Gasteiger partial charge >= 0.3 is 0 Å². The lowest BCUT2D eigenvalue weighted by molar-refractivity contribution is -0.132. The molecule has 0 spiro atoms. The summed E-state index contributed by atoms with van der Waals surface area (Å²) in [6.45, 7) is 17.8. The summed E-state index contributed by atoms with van der Waals surface area (Å²) in [5.74, 6) is 0.826. The first-order chi connectivity index (χ1) is 33.8. The molecule has 1 rings (SSSR count). The van der Waals surface area contributed by atoms with E-state index < -0.39 is 0 Å². The zero-order valence-corrected chi connectivity index (χ0v) is 47.9. The lowest BCUT2D eigenvalue weighted by Gasteiger charge is -2.45. The molecule has 0 saturated heterocycles. The van der Waals surface area contributed by atoms with Gasteiger partial charge in [-0.3, -0.25) is 14.5 Å². The molecule has 1 N–H and O–H groups in total. The molecule has 1 aliphatic carbocycles. The minimum absolute atomic E-state index is 0.126. The van der Waals surface area contributed by atoms with E-state index >= 15 is 0 Å². The SMILES string of the molecule is CCCCCCCCCCN(CCCCCCCCCC)C(=O)CCCCCCCN(CCCCCCCC(=O)N(CCCCCCCCCC)CCCCCCCCCC)C1(C)CCC(O)CC1. The van der Waals surface area contributed by atoms with E-state index in [1.165, 1.54) is 244 Å². The smallest absolute Gasteiger partial charge is 0.222 e. The highest BCUT2D eigenvalue weighted by Gasteiger charge is 2.35. The Bertz CT molecular complexity index is 981. The Kier molecular flexibility index (Phi) is 46.9. The Morgan fingerprint density at radius 3 is 0.826 bits per heavy atom. The van der Waals surface area contributed by atoms with Crippen molar-refractivity contribution in [1.82, 2.24) is 14.7 Å². The monoisotopic (exact) mass is 972 g/mol. The highest BCUT2D eigenvalue weighted by atomic mass is 16.3. The lowest BCUT2D eigenvalue weighted by atomic mass is 9.80. The summed E-state index contributed by atoms with van der Waals surface area (Å²) in [5.41, 5.74) is 0.194. The quantitative estimate of drug-likeness (QED) is 0.0617. The molecule has 6 nitrogen and oxygen atoms in total. The molecular weight excluding hydrogens is 847 g/mol. The van der Waals surface area contributed by atoms with Crippen LogP contribution in [-0.2, 0) is 9.59 Å². The van der Waals surface area contributed by atoms with Gasteiger partial charge < -0.3 is 14.9 Å². The maximum Gasteiger partial charge on any atom is 0.222 e. The average molecular weight is 973 g/mol. The van der Waals surface area contributed by atoms with Crippen LogP contribution in [0.15, 0.2) is 0 Å². The highest BCUT2D eigenvalue weighted by Crippen LogP contribution is 2.34. The molecule has 0 aliphatic heterocycles. The lowest BCUT2D eigenvalue weighted by Crippen LogP contribution is -2.50. The van der Waals surface area contributed by atoms with Gasteiger partial charge in [-0.25, -0.2) is 0 Å². The fourth-order valence-corrected chi connectivity index (χ4v) is 11.2. The second kappa shape index (κ2) is 49.1. The van der Waals surface area contributed by atoms with Crippen molar-refractivity contribution in [1.29, 1.82) is 0 Å². The van der Waals surface area contributed by atoms with Crippen LogP contribution in [0.5, 0.6) is 0 Å². The number of carbonyl (C=O) groups excluding carboxylic acids is 2. The van der Waals surface area contributed by atoms with Crippen molar-refractivity contribution in [3.8, 4) is 0 Å². The Hall–Kier alpha value is -1.14. The number of hydrogen-bond acceptors (Lipinski definition) is 4. The van der Waals surface area contributed by atoms with Gasteiger partial charge in [0.2, 0.25) is 11.8 Å². The van der Waals surface area contributed by atoms with Crippen molar-refractivity contribution in [2.45, 2.75) is 354 Å². The fraction of sp³-hybridized carbons (Fsp3) is 0.968. The second-order valence-electron chi connectivity index (χ2n) is 22.9. The first-order valence-electron chi connectivity index (χ1n) is 31.8. The number of carbonyl (C=O) groups is 2. The van der Waals surface area contributed by atoms with Gasteiger partial charge in [-0.05, 0) is 97.1 Å². The number of amides is 2. The second-order valence-corrected chi connectivity index (χ2v) is 22.9. The molecule has 0 aromatic carbocycles. The normalized spacial score (nSPS) is 16.2. The van der Waals surface area contributed by atoms with Crippen LogP contribution in [-0.4, -0.2) is 82.5 Å². The third kappa shape index (κ3) is 39.1. The topological polar surface area (TPSA) is 64.1 Å². The van der Waals surface area contributed by atoms with Gasteiger partial charge in [0.05, 0.1) is 6.10 Å². The number of unbranched alkanes of at least 4 members (excludes halogenated alkanes) is 36. The maximum absolute atomic E-state index is 13.5. The van der Waals surface area contributed by atoms with Gasteiger partial charge in [0.1, 0.15) is 0 Å². The van der Waals surface area contributed by atoms with Crippen LogP contribution >= 0.6 is 0 Å². The maximum atomic E-state index is 13.5.